The Morgan fingerprint density at radius 1 is 1.00 bits per heavy atom. The highest BCUT2D eigenvalue weighted by Gasteiger charge is 2.19. The first-order valence-electron chi connectivity index (χ1n) is 10.1. The standard InChI is InChI=1S/C24H23ClN2O6S/c1-14-11-22(15(2)10-20(14)25)34(32,33)27-19-5-3-4-18(12-19)16-6-8-17(9-7-16)23(29)26-21(13-28)24(30)31/h3-12,21,27-28H,13H2,1-2H3,(H,26,29)(H,30,31)/p-1/t21-/m0/s1. The van der Waals surface area contributed by atoms with Gasteiger partial charge in [0.05, 0.1) is 23.5 Å². The number of anilines is 1. The van der Waals surface area contributed by atoms with Gasteiger partial charge in [0.25, 0.3) is 15.9 Å². The molecule has 8 nitrogen and oxygen atoms in total. The number of hydrogen-bond acceptors (Lipinski definition) is 6. The number of aliphatic hydroxyl groups is 1. The summed E-state index contributed by atoms with van der Waals surface area (Å²) in [6, 6.07) is 14.6. The molecule has 3 rings (SSSR count). The van der Waals surface area contributed by atoms with Crippen LogP contribution in [-0.2, 0) is 14.8 Å². The fourth-order valence-corrected chi connectivity index (χ4v) is 4.83. The third-order valence-electron chi connectivity index (χ3n) is 5.11. The molecule has 0 heterocycles. The Hall–Kier alpha value is -3.40. The van der Waals surface area contributed by atoms with E-state index < -0.39 is 34.5 Å². The molecule has 178 valence electrons. The lowest BCUT2D eigenvalue weighted by molar-refractivity contribution is -0.308. The summed E-state index contributed by atoms with van der Waals surface area (Å²) in [5, 5.41) is 22.5. The van der Waals surface area contributed by atoms with Gasteiger partial charge in [0.1, 0.15) is 0 Å². The fourth-order valence-electron chi connectivity index (χ4n) is 3.25. The van der Waals surface area contributed by atoms with Crippen LogP contribution in [0.5, 0.6) is 0 Å². The van der Waals surface area contributed by atoms with Crippen molar-refractivity contribution in [1.29, 1.82) is 0 Å². The quantitative estimate of drug-likeness (QED) is 0.433. The van der Waals surface area contributed by atoms with Crippen molar-refractivity contribution in [3.05, 3.63) is 82.4 Å². The number of carbonyl (C=O) groups is 2. The second kappa shape index (κ2) is 10.3. The van der Waals surface area contributed by atoms with E-state index in [1.807, 2.05) is 0 Å². The molecule has 0 aliphatic heterocycles. The monoisotopic (exact) mass is 501 g/mol. The number of aryl methyl sites for hydroxylation is 2. The number of rotatable bonds is 8. The van der Waals surface area contributed by atoms with E-state index in [0.29, 0.717) is 33.0 Å². The van der Waals surface area contributed by atoms with E-state index in [4.69, 9.17) is 16.7 Å². The van der Waals surface area contributed by atoms with Gasteiger partial charge in [-0.15, -0.1) is 0 Å². The molecule has 3 N–H and O–H groups in total. The van der Waals surface area contributed by atoms with Crippen LogP contribution in [0.4, 0.5) is 5.69 Å². The largest absolute Gasteiger partial charge is 0.548 e. The number of benzene rings is 3. The predicted octanol–water partition coefficient (Wildman–Crippen LogP) is 2.27. The van der Waals surface area contributed by atoms with Gasteiger partial charge in [-0.2, -0.15) is 0 Å². The Kier molecular flexibility index (Phi) is 7.61. The van der Waals surface area contributed by atoms with E-state index >= 15 is 0 Å². The van der Waals surface area contributed by atoms with Gasteiger partial charge in [0.2, 0.25) is 0 Å². The lowest BCUT2D eigenvalue weighted by atomic mass is 10.0. The molecule has 3 aromatic rings. The molecular weight excluding hydrogens is 480 g/mol. The molecule has 0 saturated heterocycles. The molecular formula is C24H22ClN2O6S-. The van der Waals surface area contributed by atoms with Crippen LogP contribution in [0.2, 0.25) is 5.02 Å². The smallest absolute Gasteiger partial charge is 0.262 e. The van der Waals surface area contributed by atoms with Crippen LogP contribution in [0.3, 0.4) is 0 Å². The minimum atomic E-state index is -3.86. The van der Waals surface area contributed by atoms with Gasteiger partial charge in [0.15, 0.2) is 0 Å². The van der Waals surface area contributed by atoms with Gasteiger partial charge in [-0.05, 0) is 72.5 Å². The number of carboxylic acid groups (broad SMARTS) is 1. The first-order chi connectivity index (χ1) is 16.0. The number of hydrogen-bond donors (Lipinski definition) is 3. The maximum Gasteiger partial charge on any atom is 0.262 e. The van der Waals surface area contributed by atoms with E-state index in [9.17, 15) is 23.1 Å². The van der Waals surface area contributed by atoms with Crippen molar-refractivity contribution in [2.24, 2.45) is 0 Å². The van der Waals surface area contributed by atoms with Crippen molar-refractivity contribution in [3.8, 4) is 11.1 Å². The van der Waals surface area contributed by atoms with Crippen LogP contribution in [0.25, 0.3) is 11.1 Å². The molecule has 0 bridgehead atoms. The number of sulfonamides is 1. The Morgan fingerprint density at radius 3 is 2.29 bits per heavy atom. The zero-order chi connectivity index (χ0) is 25.0. The van der Waals surface area contributed by atoms with Crippen LogP contribution < -0.4 is 15.1 Å². The van der Waals surface area contributed by atoms with E-state index in [-0.39, 0.29) is 10.5 Å². The van der Waals surface area contributed by atoms with Crippen LogP contribution in [-0.4, -0.2) is 38.0 Å². The number of halogens is 1. The summed E-state index contributed by atoms with van der Waals surface area (Å²) < 4.78 is 28.5. The summed E-state index contributed by atoms with van der Waals surface area (Å²) in [5.41, 5.74) is 3.11. The summed E-state index contributed by atoms with van der Waals surface area (Å²) in [7, 11) is -3.86. The van der Waals surface area contributed by atoms with Crippen molar-refractivity contribution in [3.63, 3.8) is 0 Å². The first-order valence-corrected chi connectivity index (χ1v) is 12.0. The minimum absolute atomic E-state index is 0.132. The van der Waals surface area contributed by atoms with Crippen molar-refractivity contribution < 1.29 is 28.2 Å². The molecule has 1 amide bonds. The van der Waals surface area contributed by atoms with Crippen LogP contribution in [0, 0.1) is 13.8 Å². The fraction of sp³-hybridized carbons (Fsp3) is 0.167. The minimum Gasteiger partial charge on any atom is -0.548 e. The van der Waals surface area contributed by atoms with Gasteiger partial charge in [0, 0.05) is 16.3 Å². The SMILES string of the molecule is Cc1cc(S(=O)(=O)Nc2cccc(-c3ccc(C(=O)N[C@@H](CO)C(=O)[O-])cc3)c2)c(C)cc1Cl. The molecule has 0 aromatic heterocycles. The summed E-state index contributed by atoms with van der Waals surface area (Å²) in [6.07, 6.45) is 0. The summed E-state index contributed by atoms with van der Waals surface area (Å²) in [5.74, 6) is -2.26. The highest BCUT2D eigenvalue weighted by atomic mass is 35.5. The number of aliphatic hydroxyl groups excluding tert-OH is 1. The second-order valence-corrected chi connectivity index (χ2v) is 9.72. The lowest BCUT2D eigenvalue weighted by Gasteiger charge is -2.17. The average Bonchev–Trinajstić information content (AvgIpc) is 2.79. The number of amides is 1. The highest BCUT2D eigenvalue weighted by Crippen LogP contribution is 2.28. The van der Waals surface area contributed by atoms with E-state index in [0.717, 1.165) is 0 Å². The lowest BCUT2D eigenvalue weighted by Crippen LogP contribution is -2.50. The van der Waals surface area contributed by atoms with Gasteiger partial charge >= 0.3 is 0 Å². The third kappa shape index (κ3) is 5.74. The van der Waals surface area contributed by atoms with Crippen molar-refractivity contribution in [2.75, 3.05) is 11.3 Å². The number of carbonyl (C=O) groups excluding carboxylic acids is 2. The Labute approximate surface area is 202 Å². The maximum atomic E-state index is 13.0. The van der Waals surface area contributed by atoms with Gasteiger partial charge < -0.3 is 20.3 Å². The van der Waals surface area contributed by atoms with Gasteiger partial charge in [-0.1, -0.05) is 35.9 Å². The van der Waals surface area contributed by atoms with Crippen molar-refractivity contribution in [2.45, 2.75) is 24.8 Å². The molecule has 0 aliphatic carbocycles. The molecule has 0 radical (unpaired) electrons. The van der Waals surface area contributed by atoms with E-state index in [1.54, 1.807) is 56.3 Å². The molecule has 34 heavy (non-hydrogen) atoms. The predicted molar refractivity (Wildman–Crippen MR) is 127 cm³/mol. The van der Waals surface area contributed by atoms with Crippen LogP contribution >= 0.6 is 11.6 Å². The maximum absolute atomic E-state index is 13.0. The zero-order valence-electron chi connectivity index (χ0n) is 18.3. The molecule has 0 saturated carbocycles. The third-order valence-corrected chi connectivity index (χ3v) is 7.04. The van der Waals surface area contributed by atoms with E-state index in [1.165, 1.54) is 18.2 Å². The number of nitrogens with one attached hydrogen (secondary N) is 2. The molecule has 0 fully saturated rings. The van der Waals surface area contributed by atoms with Crippen molar-refractivity contribution >= 4 is 39.2 Å². The molecule has 0 unspecified atom stereocenters. The molecule has 10 heteroatoms. The summed E-state index contributed by atoms with van der Waals surface area (Å²) in [4.78, 5) is 23.2. The highest BCUT2D eigenvalue weighted by molar-refractivity contribution is 7.92. The molecule has 1 atom stereocenters. The van der Waals surface area contributed by atoms with E-state index in [2.05, 4.69) is 10.0 Å². The Morgan fingerprint density at radius 2 is 1.68 bits per heavy atom. The van der Waals surface area contributed by atoms with Crippen molar-refractivity contribution in [1.82, 2.24) is 5.32 Å². The van der Waals surface area contributed by atoms with Gasteiger partial charge in [-0.25, -0.2) is 8.42 Å². The van der Waals surface area contributed by atoms with Gasteiger partial charge in [-0.3, -0.25) is 9.52 Å². The molecule has 0 aliphatic rings. The Bertz CT molecular complexity index is 1340. The first kappa shape index (κ1) is 25.2. The average molecular weight is 502 g/mol. The number of aliphatic carboxylic acids is 1. The second-order valence-electron chi connectivity index (χ2n) is 7.66. The number of carboxylic acids is 1. The van der Waals surface area contributed by atoms with Crippen LogP contribution in [0.15, 0.2) is 65.6 Å². The summed E-state index contributed by atoms with van der Waals surface area (Å²) >= 11 is 6.08. The molecule has 0 spiro atoms. The normalized spacial score (nSPS) is 12.1. The zero-order valence-corrected chi connectivity index (χ0v) is 19.9. The Balaban J connectivity index is 1.81. The molecule has 3 aromatic carbocycles. The summed E-state index contributed by atoms with van der Waals surface area (Å²) in [6.45, 7) is 2.61. The van der Waals surface area contributed by atoms with Crippen LogP contribution in [0.1, 0.15) is 21.5 Å². The topological polar surface area (TPSA) is 136 Å².